The zero-order chi connectivity index (χ0) is 15.0. The van der Waals surface area contributed by atoms with Gasteiger partial charge in [0.05, 0.1) is 7.11 Å². The van der Waals surface area contributed by atoms with Crippen molar-refractivity contribution in [2.45, 2.75) is 20.5 Å². The first-order valence-corrected chi connectivity index (χ1v) is 6.19. The minimum absolute atomic E-state index is 0.227. The lowest BCUT2D eigenvalue weighted by Gasteiger charge is -2.04. The maximum Gasteiger partial charge on any atom is 0.334 e. The van der Waals surface area contributed by atoms with Gasteiger partial charge in [0, 0.05) is 11.1 Å². The normalized spacial score (nSPS) is 11.9. The molecule has 0 atom stereocenters. The molecular formula is C16H18O4. The van der Waals surface area contributed by atoms with E-state index in [9.17, 15) is 9.59 Å². The van der Waals surface area contributed by atoms with E-state index in [1.54, 1.807) is 19.9 Å². The summed E-state index contributed by atoms with van der Waals surface area (Å²) in [5, 5.41) is 0. The van der Waals surface area contributed by atoms with Crippen LogP contribution in [0.4, 0.5) is 0 Å². The van der Waals surface area contributed by atoms with Gasteiger partial charge >= 0.3 is 11.9 Å². The lowest BCUT2D eigenvalue weighted by Crippen LogP contribution is -2.06. The zero-order valence-corrected chi connectivity index (χ0v) is 11.9. The third kappa shape index (κ3) is 5.10. The van der Waals surface area contributed by atoms with E-state index in [2.05, 4.69) is 4.74 Å². The van der Waals surface area contributed by atoms with Gasteiger partial charge < -0.3 is 9.47 Å². The van der Waals surface area contributed by atoms with Crippen LogP contribution in [0.25, 0.3) is 0 Å². The van der Waals surface area contributed by atoms with Crippen LogP contribution >= 0.6 is 0 Å². The fraction of sp³-hybridized carbons (Fsp3) is 0.250. The quantitative estimate of drug-likeness (QED) is 0.470. The standard InChI is InChI=1S/C16H18O4/c1-12(15(17)19-3)9-10-13(2)16(18)20-11-14-7-5-4-6-8-14/h4-10H,11H2,1-3H3/b12-9+,13-10+. The number of rotatable bonds is 5. The number of esters is 2. The van der Waals surface area contributed by atoms with Crippen molar-refractivity contribution in [2.24, 2.45) is 0 Å². The highest BCUT2D eigenvalue weighted by molar-refractivity contribution is 5.90. The van der Waals surface area contributed by atoms with Crippen LogP contribution in [0.2, 0.25) is 0 Å². The zero-order valence-electron chi connectivity index (χ0n) is 11.9. The average molecular weight is 274 g/mol. The summed E-state index contributed by atoms with van der Waals surface area (Å²) < 4.78 is 9.71. The SMILES string of the molecule is COC(=O)/C(C)=C/C=C(\C)C(=O)OCc1ccccc1. The van der Waals surface area contributed by atoms with E-state index in [1.165, 1.54) is 13.2 Å². The highest BCUT2D eigenvalue weighted by Gasteiger charge is 2.06. The number of allylic oxidation sites excluding steroid dienone is 2. The summed E-state index contributed by atoms with van der Waals surface area (Å²) in [6, 6.07) is 9.43. The molecule has 0 bridgehead atoms. The number of hydrogen-bond acceptors (Lipinski definition) is 4. The topological polar surface area (TPSA) is 52.6 Å². The van der Waals surface area contributed by atoms with Gasteiger partial charge in [-0.2, -0.15) is 0 Å². The molecule has 0 aliphatic heterocycles. The van der Waals surface area contributed by atoms with E-state index in [4.69, 9.17) is 4.74 Å². The molecule has 1 aromatic carbocycles. The number of carbonyl (C=O) groups is 2. The summed E-state index contributed by atoms with van der Waals surface area (Å²) in [5.74, 6) is -0.838. The maximum absolute atomic E-state index is 11.7. The molecule has 20 heavy (non-hydrogen) atoms. The van der Waals surface area contributed by atoms with Gasteiger partial charge in [0.2, 0.25) is 0 Å². The van der Waals surface area contributed by atoms with E-state index in [0.29, 0.717) is 11.1 Å². The van der Waals surface area contributed by atoms with Crippen molar-refractivity contribution in [3.63, 3.8) is 0 Å². The van der Waals surface area contributed by atoms with Crippen LogP contribution in [-0.2, 0) is 25.7 Å². The summed E-state index contributed by atoms with van der Waals surface area (Å²) in [6.07, 6.45) is 3.07. The van der Waals surface area contributed by atoms with E-state index < -0.39 is 11.9 Å². The molecule has 0 aliphatic rings. The largest absolute Gasteiger partial charge is 0.466 e. The molecule has 0 N–H and O–H groups in total. The van der Waals surface area contributed by atoms with Crippen molar-refractivity contribution < 1.29 is 19.1 Å². The van der Waals surface area contributed by atoms with Crippen LogP contribution in [0.5, 0.6) is 0 Å². The number of methoxy groups -OCH3 is 1. The van der Waals surface area contributed by atoms with Gasteiger partial charge in [-0.3, -0.25) is 0 Å². The second-order valence-corrected chi connectivity index (χ2v) is 4.25. The first-order valence-electron chi connectivity index (χ1n) is 6.19. The maximum atomic E-state index is 11.7. The molecule has 0 radical (unpaired) electrons. The van der Waals surface area contributed by atoms with E-state index in [0.717, 1.165) is 5.56 Å². The molecule has 0 spiro atoms. The Morgan fingerprint density at radius 2 is 1.55 bits per heavy atom. The summed E-state index contributed by atoms with van der Waals surface area (Å²) in [7, 11) is 1.31. The van der Waals surface area contributed by atoms with Gasteiger partial charge in [-0.1, -0.05) is 42.5 Å². The summed E-state index contributed by atoms with van der Waals surface area (Å²) in [6.45, 7) is 3.48. The van der Waals surface area contributed by atoms with Crippen LogP contribution < -0.4 is 0 Å². The Balaban J connectivity index is 2.57. The minimum atomic E-state index is -0.424. The molecule has 0 amide bonds. The van der Waals surface area contributed by atoms with Gasteiger partial charge in [0.15, 0.2) is 0 Å². The van der Waals surface area contributed by atoms with Crippen molar-refractivity contribution >= 4 is 11.9 Å². The first-order chi connectivity index (χ1) is 9.54. The summed E-state index contributed by atoms with van der Waals surface area (Å²) >= 11 is 0. The van der Waals surface area contributed by atoms with Gasteiger partial charge in [-0.25, -0.2) is 9.59 Å². The Labute approximate surface area is 118 Å². The molecule has 1 aromatic rings. The molecule has 4 nitrogen and oxygen atoms in total. The van der Waals surface area contributed by atoms with E-state index in [-0.39, 0.29) is 6.61 Å². The summed E-state index contributed by atoms with van der Waals surface area (Å²) in [5.41, 5.74) is 1.77. The Morgan fingerprint density at radius 1 is 1.00 bits per heavy atom. The molecule has 0 aromatic heterocycles. The molecular weight excluding hydrogens is 256 g/mol. The molecule has 0 aliphatic carbocycles. The van der Waals surface area contributed by atoms with E-state index >= 15 is 0 Å². The molecule has 0 fully saturated rings. The van der Waals surface area contributed by atoms with E-state index in [1.807, 2.05) is 30.3 Å². The Hall–Kier alpha value is -2.36. The third-order valence-corrected chi connectivity index (χ3v) is 2.63. The van der Waals surface area contributed by atoms with Crippen molar-refractivity contribution in [3.05, 3.63) is 59.2 Å². The highest BCUT2D eigenvalue weighted by Crippen LogP contribution is 2.05. The van der Waals surface area contributed by atoms with Crippen molar-refractivity contribution in [1.29, 1.82) is 0 Å². The summed E-state index contributed by atoms with van der Waals surface area (Å²) in [4.78, 5) is 22.9. The van der Waals surface area contributed by atoms with Gasteiger partial charge in [0.1, 0.15) is 6.61 Å². The first kappa shape index (κ1) is 15.7. The molecule has 106 valence electrons. The minimum Gasteiger partial charge on any atom is -0.466 e. The predicted molar refractivity (Wildman–Crippen MR) is 75.8 cm³/mol. The van der Waals surface area contributed by atoms with Crippen molar-refractivity contribution in [2.75, 3.05) is 7.11 Å². The lowest BCUT2D eigenvalue weighted by molar-refractivity contribution is -0.140. The molecule has 0 unspecified atom stereocenters. The van der Waals surface area contributed by atoms with Gasteiger partial charge in [-0.05, 0) is 19.4 Å². The van der Waals surface area contributed by atoms with Gasteiger partial charge in [-0.15, -0.1) is 0 Å². The van der Waals surface area contributed by atoms with Crippen LogP contribution in [-0.4, -0.2) is 19.0 Å². The number of carbonyl (C=O) groups excluding carboxylic acids is 2. The predicted octanol–water partition coefficient (Wildman–Crippen LogP) is 2.80. The van der Waals surface area contributed by atoms with Crippen LogP contribution in [0.1, 0.15) is 19.4 Å². The Bertz CT molecular complexity index is 527. The number of benzene rings is 1. The van der Waals surface area contributed by atoms with Gasteiger partial charge in [0.25, 0.3) is 0 Å². The van der Waals surface area contributed by atoms with Crippen LogP contribution in [0, 0.1) is 0 Å². The van der Waals surface area contributed by atoms with Crippen LogP contribution in [0.3, 0.4) is 0 Å². The molecule has 0 saturated heterocycles. The van der Waals surface area contributed by atoms with Crippen molar-refractivity contribution in [3.8, 4) is 0 Å². The average Bonchev–Trinajstić information content (AvgIpc) is 2.49. The highest BCUT2D eigenvalue weighted by atomic mass is 16.5. The number of hydrogen-bond donors (Lipinski definition) is 0. The van der Waals surface area contributed by atoms with Crippen molar-refractivity contribution in [1.82, 2.24) is 0 Å². The second-order valence-electron chi connectivity index (χ2n) is 4.25. The third-order valence-electron chi connectivity index (χ3n) is 2.63. The monoisotopic (exact) mass is 274 g/mol. The molecule has 1 rings (SSSR count). The fourth-order valence-corrected chi connectivity index (χ4v) is 1.38. The molecule has 0 heterocycles. The Morgan fingerprint density at radius 3 is 2.10 bits per heavy atom. The molecule has 0 saturated carbocycles. The smallest absolute Gasteiger partial charge is 0.334 e. The number of ether oxygens (including phenoxy) is 2. The fourth-order valence-electron chi connectivity index (χ4n) is 1.38. The Kier molecular flexibility index (Phi) is 6.23. The lowest BCUT2D eigenvalue weighted by atomic mass is 10.2. The molecule has 4 heteroatoms. The van der Waals surface area contributed by atoms with Crippen LogP contribution in [0.15, 0.2) is 53.6 Å². The second kappa shape index (κ2) is 7.94.